The average Bonchev–Trinajstić information content (AvgIpc) is 3.35. The van der Waals surface area contributed by atoms with Crippen LogP contribution >= 0.6 is 0 Å². The molecule has 1 N–H and O–H groups in total. The van der Waals surface area contributed by atoms with Gasteiger partial charge >= 0.3 is 6.03 Å². The highest BCUT2D eigenvalue weighted by atomic mass is 16.5. The van der Waals surface area contributed by atoms with Gasteiger partial charge in [0.05, 0.1) is 5.92 Å². The Morgan fingerprint density at radius 2 is 1.96 bits per heavy atom. The second-order valence-corrected chi connectivity index (χ2v) is 8.47. The van der Waals surface area contributed by atoms with Crippen LogP contribution in [0.25, 0.3) is 0 Å². The van der Waals surface area contributed by atoms with E-state index < -0.39 is 0 Å². The molecule has 1 aromatic heterocycles. The maximum absolute atomic E-state index is 12.8. The molecule has 3 aliphatic rings. The fraction of sp³-hybridized carbons (Fsp3) is 0.842. The lowest BCUT2D eigenvalue weighted by atomic mass is 9.72. The fourth-order valence-electron chi connectivity index (χ4n) is 4.70. The average molecular weight is 362 g/mol. The predicted octanol–water partition coefficient (Wildman–Crippen LogP) is 3.04. The Morgan fingerprint density at radius 3 is 2.62 bits per heavy atom. The van der Waals surface area contributed by atoms with Gasteiger partial charge in [0.2, 0.25) is 11.8 Å². The zero-order valence-electron chi connectivity index (χ0n) is 15.9. The van der Waals surface area contributed by atoms with Gasteiger partial charge < -0.3 is 19.4 Å². The minimum Gasteiger partial charge on any atom is -0.425 e. The number of carbonyl (C=O) groups excluding carboxylic acids is 1. The van der Waals surface area contributed by atoms with Gasteiger partial charge in [-0.2, -0.15) is 0 Å². The first-order valence-corrected chi connectivity index (χ1v) is 10.0. The van der Waals surface area contributed by atoms with E-state index in [1.54, 1.807) is 0 Å². The van der Waals surface area contributed by atoms with Gasteiger partial charge in [0, 0.05) is 43.7 Å². The molecule has 7 nitrogen and oxygen atoms in total. The van der Waals surface area contributed by atoms with Crippen LogP contribution in [0.3, 0.4) is 0 Å². The summed E-state index contributed by atoms with van der Waals surface area (Å²) < 4.78 is 11.6. The van der Waals surface area contributed by atoms with Gasteiger partial charge in [0.25, 0.3) is 0 Å². The summed E-state index contributed by atoms with van der Waals surface area (Å²) in [4.78, 5) is 14.8. The zero-order chi connectivity index (χ0) is 18.1. The minimum absolute atomic E-state index is 0.00789. The van der Waals surface area contributed by atoms with Gasteiger partial charge in [-0.3, -0.25) is 0 Å². The van der Waals surface area contributed by atoms with Gasteiger partial charge in [-0.25, -0.2) is 4.79 Å². The molecule has 1 aliphatic carbocycles. The van der Waals surface area contributed by atoms with E-state index in [0.29, 0.717) is 24.4 Å². The molecule has 1 spiro atoms. The first-order chi connectivity index (χ1) is 12.6. The number of nitrogens with one attached hydrogen (secondary N) is 1. The van der Waals surface area contributed by atoms with Crippen LogP contribution in [0, 0.1) is 5.41 Å². The largest absolute Gasteiger partial charge is 0.425 e. The van der Waals surface area contributed by atoms with Crippen LogP contribution in [-0.4, -0.2) is 53.5 Å². The van der Waals surface area contributed by atoms with Gasteiger partial charge in [-0.15, -0.1) is 10.2 Å². The predicted molar refractivity (Wildman–Crippen MR) is 96.0 cm³/mol. The van der Waals surface area contributed by atoms with E-state index in [9.17, 15) is 4.79 Å². The molecule has 2 saturated heterocycles. The first kappa shape index (κ1) is 17.8. The van der Waals surface area contributed by atoms with Crippen molar-refractivity contribution in [1.29, 1.82) is 0 Å². The van der Waals surface area contributed by atoms with Crippen LogP contribution in [-0.2, 0) is 4.74 Å². The quantitative estimate of drug-likeness (QED) is 0.894. The van der Waals surface area contributed by atoms with Crippen molar-refractivity contribution in [2.24, 2.45) is 5.41 Å². The lowest BCUT2D eigenvalue weighted by Gasteiger charge is -2.36. The number of likely N-dealkylation sites (tertiary alicyclic amines) is 1. The monoisotopic (exact) mass is 362 g/mol. The highest BCUT2D eigenvalue weighted by Gasteiger charge is 2.51. The van der Waals surface area contributed by atoms with E-state index in [1.807, 2.05) is 4.90 Å². The van der Waals surface area contributed by atoms with E-state index in [2.05, 4.69) is 29.4 Å². The number of aromatic nitrogens is 2. The molecule has 1 unspecified atom stereocenters. The molecule has 2 amide bonds. The Hall–Kier alpha value is -1.63. The number of carbonyl (C=O) groups is 1. The van der Waals surface area contributed by atoms with Crippen LogP contribution < -0.4 is 5.32 Å². The number of urea groups is 1. The van der Waals surface area contributed by atoms with Crippen LogP contribution in [0.4, 0.5) is 4.79 Å². The number of rotatable bonds is 3. The van der Waals surface area contributed by atoms with Crippen molar-refractivity contribution in [1.82, 2.24) is 20.4 Å². The highest BCUT2D eigenvalue weighted by molar-refractivity contribution is 5.75. The smallest absolute Gasteiger partial charge is 0.317 e. The van der Waals surface area contributed by atoms with Crippen molar-refractivity contribution >= 4 is 6.03 Å². The fourth-order valence-corrected chi connectivity index (χ4v) is 4.70. The van der Waals surface area contributed by atoms with Crippen LogP contribution in [0.1, 0.15) is 76.0 Å². The molecular formula is C19H30N4O3. The van der Waals surface area contributed by atoms with Gasteiger partial charge in [0.15, 0.2) is 0 Å². The lowest BCUT2D eigenvalue weighted by molar-refractivity contribution is 0.00994. The standard InChI is InChI=1S/C19H30N4O3/c1-13(2)16-21-22-17(26-16)15-11-23(12-19(15)7-9-25-10-8-19)18(24)20-14-5-3-4-6-14/h13-15H,3-12H2,1-2H3,(H,20,24). The molecule has 144 valence electrons. The zero-order valence-corrected chi connectivity index (χ0v) is 15.9. The summed E-state index contributed by atoms with van der Waals surface area (Å²) in [5.74, 6) is 1.67. The molecule has 3 fully saturated rings. The molecule has 26 heavy (non-hydrogen) atoms. The molecule has 4 rings (SSSR count). The Bertz CT molecular complexity index is 632. The molecule has 2 aliphatic heterocycles. The third kappa shape index (κ3) is 3.33. The van der Waals surface area contributed by atoms with E-state index in [-0.39, 0.29) is 23.3 Å². The molecular weight excluding hydrogens is 332 g/mol. The van der Waals surface area contributed by atoms with E-state index in [4.69, 9.17) is 9.15 Å². The molecule has 7 heteroatoms. The third-order valence-electron chi connectivity index (χ3n) is 6.35. The maximum Gasteiger partial charge on any atom is 0.317 e. The Morgan fingerprint density at radius 1 is 1.23 bits per heavy atom. The summed E-state index contributed by atoms with van der Waals surface area (Å²) >= 11 is 0. The molecule has 0 radical (unpaired) electrons. The normalized spacial score (nSPS) is 26.1. The first-order valence-electron chi connectivity index (χ1n) is 10.0. The van der Waals surface area contributed by atoms with Gasteiger partial charge in [-0.05, 0) is 25.7 Å². The molecule has 1 atom stereocenters. The Labute approximate surface area is 154 Å². The number of hydrogen-bond donors (Lipinski definition) is 1. The molecule has 3 heterocycles. The van der Waals surface area contributed by atoms with E-state index >= 15 is 0 Å². The Kier molecular flexibility index (Phi) is 4.90. The highest BCUT2D eigenvalue weighted by Crippen LogP contribution is 2.49. The molecule has 0 aromatic carbocycles. The van der Waals surface area contributed by atoms with E-state index in [0.717, 1.165) is 45.4 Å². The Balaban J connectivity index is 1.53. The van der Waals surface area contributed by atoms with Gasteiger partial charge in [0.1, 0.15) is 0 Å². The third-order valence-corrected chi connectivity index (χ3v) is 6.35. The summed E-state index contributed by atoms with van der Waals surface area (Å²) in [7, 11) is 0. The number of ether oxygens (including phenoxy) is 1. The number of amides is 2. The second kappa shape index (κ2) is 7.18. The van der Waals surface area contributed by atoms with Crippen molar-refractivity contribution < 1.29 is 13.9 Å². The minimum atomic E-state index is -0.00789. The summed E-state index contributed by atoms with van der Waals surface area (Å²) in [5, 5.41) is 11.8. The topological polar surface area (TPSA) is 80.5 Å². The number of hydrogen-bond acceptors (Lipinski definition) is 5. The van der Waals surface area contributed by atoms with Crippen LogP contribution in [0.2, 0.25) is 0 Å². The second-order valence-electron chi connectivity index (χ2n) is 8.47. The number of nitrogens with zero attached hydrogens (tertiary/aromatic N) is 3. The van der Waals surface area contributed by atoms with Crippen molar-refractivity contribution in [3.8, 4) is 0 Å². The maximum atomic E-state index is 12.8. The molecule has 1 aromatic rings. The van der Waals surface area contributed by atoms with E-state index in [1.165, 1.54) is 12.8 Å². The summed E-state index contributed by atoms with van der Waals surface area (Å²) in [5.41, 5.74) is -0.00789. The van der Waals surface area contributed by atoms with Crippen LogP contribution in [0.15, 0.2) is 4.42 Å². The van der Waals surface area contributed by atoms with Gasteiger partial charge in [-0.1, -0.05) is 26.7 Å². The SMILES string of the molecule is CC(C)c1nnc(C2CN(C(=O)NC3CCCC3)CC23CCOCC3)o1. The van der Waals surface area contributed by atoms with Crippen molar-refractivity contribution in [3.63, 3.8) is 0 Å². The van der Waals surface area contributed by atoms with Crippen LogP contribution in [0.5, 0.6) is 0 Å². The van der Waals surface area contributed by atoms with Crippen molar-refractivity contribution in [2.75, 3.05) is 26.3 Å². The summed E-state index contributed by atoms with van der Waals surface area (Å²) in [6, 6.07) is 0.400. The van der Waals surface area contributed by atoms with Crippen molar-refractivity contribution in [2.45, 2.75) is 70.3 Å². The summed E-state index contributed by atoms with van der Waals surface area (Å²) in [6.45, 7) is 6.98. The van der Waals surface area contributed by atoms with Crippen molar-refractivity contribution in [3.05, 3.63) is 11.8 Å². The summed E-state index contributed by atoms with van der Waals surface area (Å²) in [6.07, 6.45) is 6.50. The lowest BCUT2D eigenvalue weighted by Crippen LogP contribution is -2.44. The molecule has 1 saturated carbocycles. The molecule has 0 bridgehead atoms.